The fraction of sp³-hybridized carbons (Fsp3) is 1.00. The van der Waals surface area contributed by atoms with Gasteiger partial charge in [-0.1, -0.05) is 6.42 Å². The molecule has 0 amide bonds. The molecule has 4 heteroatoms. The Morgan fingerprint density at radius 3 is 1.41 bits per heavy atom. The van der Waals surface area contributed by atoms with E-state index in [9.17, 15) is 0 Å². The second-order valence-electron chi connectivity index (χ2n) is 7.23. The molecule has 128 valence electrons. The van der Waals surface area contributed by atoms with Crippen molar-refractivity contribution in [1.82, 2.24) is 0 Å². The second kappa shape index (κ2) is 9.21. The van der Waals surface area contributed by atoms with Crippen LogP contribution in [-0.2, 0) is 18.9 Å². The van der Waals surface area contributed by atoms with Crippen LogP contribution in [0, 0.1) is 11.8 Å². The molecule has 4 rings (SSSR count). The van der Waals surface area contributed by atoms with E-state index in [2.05, 4.69) is 0 Å². The SMILES string of the molecule is C(CC1CCOC1)CC1CCOC1.C(CC1CO1)CC1CO1. The Balaban J connectivity index is 0.000000139. The minimum Gasteiger partial charge on any atom is -0.381 e. The number of epoxide rings is 2. The summed E-state index contributed by atoms with van der Waals surface area (Å²) in [4.78, 5) is 0. The van der Waals surface area contributed by atoms with E-state index in [0.29, 0.717) is 12.2 Å². The largest absolute Gasteiger partial charge is 0.381 e. The van der Waals surface area contributed by atoms with Gasteiger partial charge in [0.25, 0.3) is 0 Å². The highest BCUT2D eigenvalue weighted by Gasteiger charge is 2.25. The second-order valence-corrected chi connectivity index (χ2v) is 7.23. The van der Waals surface area contributed by atoms with Gasteiger partial charge < -0.3 is 18.9 Å². The zero-order valence-electron chi connectivity index (χ0n) is 13.8. The van der Waals surface area contributed by atoms with Crippen molar-refractivity contribution < 1.29 is 18.9 Å². The van der Waals surface area contributed by atoms with Crippen LogP contribution in [0.2, 0.25) is 0 Å². The van der Waals surface area contributed by atoms with Crippen molar-refractivity contribution in [1.29, 1.82) is 0 Å². The van der Waals surface area contributed by atoms with E-state index >= 15 is 0 Å². The maximum Gasteiger partial charge on any atom is 0.0810 e. The van der Waals surface area contributed by atoms with Gasteiger partial charge in [-0.15, -0.1) is 0 Å². The van der Waals surface area contributed by atoms with Crippen molar-refractivity contribution in [3.8, 4) is 0 Å². The zero-order valence-corrected chi connectivity index (χ0v) is 13.8. The van der Waals surface area contributed by atoms with E-state index in [1.54, 1.807) is 0 Å². The molecule has 0 spiro atoms. The molecular weight excluding hydrogens is 280 g/mol. The lowest BCUT2D eigenvalue weighted by Crippen LogP contribution is -2.03. The van der Waals surface area contributed by atoms with Crippen molar-refractivity contribution in [2.24, 2.45) is 11.8 Å². The summed E-state index contributed by atoms with van der Waals surface area (Å²) in [7, 11) is 0. The van der Waals surface area contributed by atoms with Crippen LogP contribution in [0.3, 0.4) is 0 Å². The van der Waals surface area contributed by atoms with Gasteiger partial charge in [-0.3, -0.25) is 0 Å². The van der Waals surface area contributed by atoms with Crippen molar-refractivity contribution in [2.45, 2.75) is 63.6 Å². The zero-order chi connectivity index (χ0) is 15.0. The Labute approximate surface area is 134 Å². The molecule has 4 fully saturated rings. The molecule has 0 saturated carbocycles. The number of ether oxygens (including phenoxy) is 4. The molecule has 4 aliphatic rings. The summed E-state index contributed by atoms with van der Waals surface area (Å²) >= 11 is 0. The van der Waals surface area contributed by atoms with Crippen LogP contribution in [0.4, 0.5) is 0 Å². The lowest BCUT2D eigenvalue weighted by atomic mass is 9.96. The summed E-state index contributed by atoms with van der Waals surface area (Å²) in [6, 6.07) is 0. The molecule has 0 aliphatic carbocycles. The van der Waals surface area contributed by atoms with Crippen LogP contribution in [0.1, 0.15) is 51.4 Å². The quantitative estimate of drug-likeness (QED) is 0.646. The van der Waals surface area contributed by atoms with Crippen molar-refractivity contribution >= 4 is 0 Å². The highest BCUT2D eigenvalue weighted by Crippen LogP contribution is 2.24. The average Bonchev–Trinajstić information content (AvgIpc) is 3.42. The van der Waals surface area contributed by atoms with Crippen LogP contribution in [0.5, 0.6) is 0 Å². The maximum atomic E-state index is 5.35. The summed E-state index contributed by atoms with van der Waals surface area (Å²) < 4.78 is 20.8. The summed E-state index contributed by atoms with van der Waals surface area (Å²) in [5, 5.41) is 0. The average molecular weight is 312 g/mol. The Hall–Kier alpha value is -0.160. The molecule has 4 heterocycles. The minimum atomic E-state index is 0.615. The Morgan fingerprint density at radius 1 is 0.591 bits per heavy atom. The van der Waals surface area contributed by atoms with E-state index in [1.807, 2.05) is 0 Å². The summed E-state index contributed by atoms with van der Waals surface area (Å²) in [6.45, 7) is 6.04. The van der Waals surface area contributed by atoms with E-state index < -0.39 is 0 Å². The van der Waals surface area contributed by atoms with E-state index in [1.165, 1.54) is 51.4 Å². The van der Waals surface area contributed by atoms with Crippen LogP contribution in [0.15, 0.2) is 0 Å². The van der Waals surface area contributed by atoms with Gasteiger partial charge in [-0.05, 0) is 56.8 Å². The maximum absolute atomic E-state index is 5.35. The number of rotatable bonds is 8. The third-order valence-corrected chi connectivity index (χ3v) is 5.13. The first-order valence-corrected chi connectivity index (χ1v) is 9.29. The van der Waals surface area contributed by atoms with Crippen molar-refractivity contribution in [3.63, 3.8) is 0 Å². The molecule has 0 bridgehead atoms. The van der Waals surface area contributed by atoms with Gasteiger partial charge in [0.15, 0.2) is 0 Å². The van der Waals surface area contributed by atoms with Gasteiger partial charge in [0.1, 0.15) is 0 Å². The highest BCUT2D eigenvalue weighted by molar-refractivity contribution is 4.73. The third kappa shape index (κ3) is 6.95. The lowest BCUT2D eigenvalue weighted by molar-refractivity contribution is 0.178. The summed E-state index contributed by atoms with van der Waals surface area (Å²) in [5.41, 5.74) is 0. The number of hydrogen-bond acceptors (Lipinski definition) is 4. The van der Waals surface area contributed by atoms with E-state index in [4.69, 9.17) is 18.9 Å². The van der Waals surface area contributed by atoms with Crippen molar-refractivity contribution in [2.75, 3.05) is 39.6 Å². The summed E-state index contributed by atoms with van der Waals surface area (Å²) in [5.74, 6) is 1.73. The van der Waals surface area contributed by atoms with Crippen molar-refractivity contribution in [3.05, 3.63) is 0 Å². The van der Waals surface area contributed by atoms with Gasteiger partial charge in [-0.25, -0.2) is 0 Å². The van der Waals surface area contributed by atoms with Gasteiger partial charge in [0.05, 0.1) is 25.4 Å². The first-order valence-electron chi connectivity index (χ1n) is 9.29. The molecule has 0 N–H and O–H groups in total. The van der Waals surface area contributed by atoms with Crippen LogP contribution >= 0.6 is 0 Å². The first kappa shape index (κ1) is 16.7. The fourth-order valence-electron chi connectivity index (χ4n) is 3.36. The van der Waals surface area contributed by atoms with Gasteiger partial charge in [0.2, 0.25) is 0 Å². The smallest absolute Gasteiger partial charge is 0.0810 e. The summed E-state index contributed by atoms with van der Waals surface area (Å²) in [6.07, 6.45) is 11.7. The molecule has 22 heavy (non-hydrogen) atoms. The molecule has 4 aliphatic heterocycles. The highest BCUT2D eigenvalue weighted by atomic mass is 16.6. The third-order valence-electron chi connectivity index (χ3n) is 5.13. The predicted molar refractivity (Wildman–Crippen MR) is 85.0 cm³/mol. The first-order chi connectivity index (χ1) is 10.9. The standard InChI is InChI=1S/C11H20O2.C7H12O2/c1(2-10-4-6-12-8-10)3-11-5-7-13-9-11;1(2-6-4-8-6)3-7-5-9-7/h10-11H,1-9H2;6-7H,1-5H2. The van der Waals surface area contributed by atoms with Crippen LogP contribution < -0.4 is 0 Å². The molecule has 0 aromatic carbocycles. The Morgan fingerprint density at radius 2 is 1.05 bits per heavy atom. The van der Waals surface area contributed by atoms with Crippen LogP contribution in [-0.4, -0.2) is 51.8 Å². The topological polar surface area (TPSA) is 43.5 Å². The van der Waals surface area contributed by atoms with Gasteiger partial charge >= 0.3 is 0 Å². The normalized spacial score (nSPS) is 36.0. The molecule has 0 aromatic heterocycles. The van der Waals surface area contributed by atoms with Gasteiger partial charge in [0, 0.05) is 26.4 Å². The van der Waals surface area contributed by atoms with E-state index in [0.717, 1.165) is 51.5 Å². The molecule has 0 radical (unpaired) electrons. The van der Waals surface area contributed by atoms with Gasteiger partial charge in [-0.2, -0.15) is 0 Å². The minimum absolute atomic E-state index is 0.615. The predicted octanol–water partition coefficient (Wildman–Crippen LogP) is 3.18. The van der Waals surface area contributed by atoms with Crippen LogP contribution in [0.25, 0.3) is 0 Å². The Bertz CT molecular complexity index is 261. The monoisotopic (exact) mass is 312 g/mol. The molecule has 4 unspecified atom stereocenters. The van der Waals surface area contributed by atoms with E-state index in [-0.39, 0.29) is 0 Å². The Kier molecular flexibility index (Phi) is 6.99. The number of hydrogen-bond donors (Lipinski definition) is 0. The molecule has 4 atom stereocenters. The molecular formula is C18H32O4. The molecule has 4 nitrogen and oxygen atoms in total. The molecule has 4 saturated heterocycles. The fourth-order valence-corrected chi connectivity index (χ4v) is 3.36. The molecule has 0 aromatic rings. The lowest BCUT2D eigenvalue weighted by Gasteiger charge is -2.09.